The smallest absolute Gasteiger partial charge is 0.338 e. The zero-order valence-electron chi connectivity index (χ0n) is 18.7. The second kappa shape index (κ2) is 10.7. The molecule has 1 N–H and O–H groups in total. The summed E-state index contributed by atoms with van der Waals surface area (Å²) in [6, 6.07) is 11.0. The monoisotopic (exact) mass is 453 g/mol. The number of hydrogen-bond acceptors (Lipinski definition) is 6. The first-order valence-electron chi connectivity index (χ1n) is 10.9. The van der Waals surface area contributed by atoms with E-state index in [1.54, 1.807) is 43.3 Å². The lowest BCUT2D eigenvalue weighted by Crippen LogP contribution is -2.28. The maximum Gasteiger partial charge on any atom is 0.338 e. The standard InChI is InChI=1S/C24H27N3O6/c1-3-4-5-12-33-24(30)17-7-9-19(10-8-17)25-23(29)18-13-22(28)26(15-18)20-11-6-16(2)21(14-20)27(31)32/h6-11,14,18H,3-5,12-13,15H2,1-2H3,(H,25,29)/t18-/m1/s1. The van der Waals surface area contributed by atoms with Gasteiger partial charge in [0.25, 0.3) is 5.69 Å². The number of nitro benzene ring substituents is 1. The van der Waals surface area contributed by atoms with Gasteiger partial charge >= 0.3 is 5.97 Å². The summed E-state index contributed by atoms with van der Waals surface area (Å²) in [5, 5.41) is 14.0. The molecule has 9 nitrogen and oxygen atoms in total. The third kappa shape index (κ3) is 5.94. The Morgan fingerprint density at radius 1 is 1.18 bits per heavy atom. The average molecular weight is 453 g/mol. The maximum atomic E-state index is 12.7. The number of rotatable bonds is 9. The lowest BCUT2D eigenvalue weighted by Gasteiger charge is -2.17. The molecular formula is C24H27N3O6. The Morgan fingerprint density at radius 2 is 1.91 bits per heavy atom. The molecule has 1 fully saturated rings. The Hall–Kier alpha value is -3.75. The van der Waals surface area contributed by atoms with Crippen molar-refractivity contribution in [3.63, 3.8) is 0 Å². The van der Waals surface area contributed by atoms with Gasteiger partial charge < -0.3 is 15.0 Å². The van der Waals surface area contributed by atoms with Gasteiger partial charge in [-0.2, -0.15) is 0 Å². The van der Waals surface area contributed by atoms with Crippen molar-refractivity contribution in [2.24, 2.45) is 5.92 Å². The average Bonchev–Trinajstić information content (AvgIpc) is 3.19. The molecule has 9 heteroatoms. The molecule has 1 saturated heterocycles. The molecule has 1 aliphatic rings. The Morgan fingerprint density at radius 3 is 2.58 bits per heavy atom. The summed E-state index contributed by atoms with van der Waals surface area (Å²) in [5.41, 5.74) is 1.72. The summed E-state index contributed by atoms with van der Waals surface area (Å²) in [6.45, 7) is 4.21. The van der Waals surface area contributed by atoms with Crippen molar-refractivity contribution in [3.05, 3.63) is 63.7 Å². The van der Waals surface area contributed by atoms with E-state index in [0.717, 1.165) is 19.3 Å². The van der Waals surface area contributed by atoms with Crippen LogP contribution in [0.2, 0.25) is 0 Å². The number of carbonyl (C=O) groups excluding carboxylic acids is 3. The number of anilines is 2. The van der Waals surface area contributed by atoms with E-state index in [1.807, 2.05) is 0 Å². The van der Waals surface area contributed by atoms with E-state index in [1.165, 1.54) is 11.0 Å². The van der Waals surface area contributed by atoms with Crippen LogP contribution in [-0.2, 0) is 14.3 Å². The number of ether oxygens (including phenoxy) is 1. The van der Waals surface area contributed by atoms with Gasteiger partial charge in [-0.05, 0) is 43.7 Å². The van der Waals surface area contributed by atoms with Gasteiger partial charge in [-0.15, -0.1) is 0 Å². The number of benzene rings is 2. The van der Waals surface area contributed by atoms with Crippen molar-refractivity contribution in [2.45, 2.75) is 39.5 Å². The SMILES string of the molecule is CCCCCOC(=O)c1ccc(NC(=O)[C@@H]2CC(=O)N(c3ccc(C)c([N+](=O)[O-])c3)C2)cc1. The third-order valence-electron chi connectivity index (χ3n) is 5.57. The number of amides is 2. The highest BCUT2D eigenvalue weighted by Gasteiger charge is 2.35. The first-order chi connectivity index (χ1) is 15.8. The summed E-state index contributed by atoms with van der Waals surface area (Å²) < 4.78 is 5.22. The van der Waals surface area contributed by atoms with E-state index in [4.69, 9.17) is 4.74 Å². The zero-order valence-corrected chi connectivity index (χ0v) is 18.7. The van der Waals surface area contributed by atoms with Crippen molar-refractivity contribution >= 4 is 34.8 Å². The number of nitrogens with zero attached hydrogens (tertiary/aromatic N) is 2. The first-order valence-corrected chi connectivity index (χ1v) is 10.9. The minimum Gasteiger partial charge on any atom is -0.462 e. The summed E-state index contributed by atoms with van der Waals surface area (Å²) in [7, 11) is 0. The molecule has 0 unspecified atom stereocenters. The molecule has 0 aliphatic carbocycles. The summed E-state index contributed by atoms with van der Waals surface area (Å²) in [5.74, 6) is -1.61. The van der Waals surface area contributed by atoms with E-state index in [-0.39, 0.29) is 30.5 Å². The van der Waals surface area contributed by atoms with Crippen LogP contribution >= 0.6 is 0 Å². The molecule has 2 aromatic carbocycles. The molecule has 0 aromatic heterocycles. The minimum atomic E-state index is -0.596. The fourth-order valence-electron chi connectivity index (χ4n) is 3.63. The summed E-state index contributed by atoms with van der Waals surface area (Å²) in [4.78, 5) is 49.3. The topological polar surface area (TPSA) is 119 Å². The Bertz CT molecular complexity index is 1050. The van der Waals surface area contributed by atoms with Gasteiger partial charge in [0, 0.05) is 30.3 Å². The van der Waals surface area contributed by atoms with Crippen molar-refractivity contribution in [1.29, 1.82) is 0 Å². The lowest BCUT2D eigenvalue weighted by atomic mass is 10.1. The number of unbranched alkanes of at least 4 members (excludes halogenated alkanes) is 2. The van der Waals surface area contributed by atoms with Gasteiger partial charge in [-0.25, -0.2) is 4.79 Å². The minimum absolute atomic E-state index is 0.00960. The van der Waals surface area contributed by atoms with Crippen LogP contribution in [0.3, 0.4) is 0 Å². The predicted octanol–water partition coefficient (Wildman–Crippen LogP) is 4.24. The van der Waals surface area contributed by atoms with Gasteiger partial charge in [-0.3, -0.25) is 19.7 Å². The fraction of sp³-hybridized carbons (Fsp3) is 0.375. The molecule has 1 aliphatic heterocycles. The maximum absolute atomic E-state index is 12.7. The first kappa shape index (κ1) is 23.9. The Kier molecular flexibility index (Phi) is 7.76. The molecule has 0 bridgehead atoms. The van der Waals surface area contributed by atoms with Gasteiger partial charge in [0.1, 0.15) is 0 Å². The molecule has 0 saturated carbocycles. The van der Waals surface area contributed by atoms with E-state index in [0.29, 0.717) is 29.1 Å². The Labute approximate surface area is 191 Å². The van der Waals surface area contributed by atoms with Crippen LogP contribution in [-0.4, -0.2) is 35.9 Å². The molecule has 174 valence electrons. The van der Waals surface area contributed by atoms with Crippen molar-refractivity contribution in [2.75, 3.05) is 23.4 Å². The molecule has 2 amide bonds. The molecule has 33 heavy (non-hydrogen) atoms. The number of aryl methyl sites for hydroxylation is 1. The van der Waals surface area contributed by atoms with Crippen molar-refractivity contribution in [3.8, 4) is 0 Å². The zero-order chi connectivity index (χ0) is 24.0. The van der Waals surface area contributed by atoms with E-state index in [9.17, 15) is 24.5 Å². The highest BCUT2D eigenvalue weighted by Crippen LogP contribution is 2.30. The summed E-state index contributed by atoms with van der Waals surface area (Å²) in [6.07, 6.45) is 2.88. The van der Waals surface area contributed by atoms with Crippen LogP contribution in [0.15, 0.2) is 42.5 Å². The quantitative estimate of drug-likeness (QED) is 0.262. The number of hydrogen-bond donors (Lipinski definition) is 1. The van der Waals surface area contributed by atoms with E-state index < -0.39 is 16.8 Å². The number of esters is 1. The molecule has 2 aromatic rings. The Balaban J connectivity index is 1.59. The number of nitrogens with one attached hydrogen (secondary N) is 1. The number of carbonyl (C=O) groups is 3. The van der Waals surface area contributed by atoms with Crippen molar-refractivity contribution in [1.82, 2.24) is 0 Å². The van der Waals surface area contributed by atoms with Crippen LogP contribution in [0.5, 0.6) is 0 Å². The van der Waals surface area contributed by atoms with Gasteiger partial charge in [0.2, 0.25) is 11.8 Å². The van der Waals surface area contributed by atoms with Crippen molar-refractivity contribution < 1.29 is 24.0 Å². The van der Waals surface area contributed by atoms with Crippen LogP contribution in [0.25, 0.3) is 0 Å². The van der Waals surface area contributed by atoms with Gasteiger partial charge in [0.05, 0.1) is 28.7 Å². The predicted molar refractivity (Wildman–Crippen MR) is 123 cm³/mol. The molecule has 1 heterocycles. The molecule has 0 radical (unpaired) electrons. The van der Waals surface area contributed by atoms with Crippen LogP contribution in [0, 0.1) is 23.0 Å². The largest absolute Gasteiger partial charge is 0.462 e. The second-order valence-electron chi connectivity index (χ2n) is 8.04. The molecule has 1 atom stereocenters. The second-order valence-corrected chi connectivity index (χ2v) is 8.04. The van der Waals surface area contributed by atoms with Crippen LogP contribution < -0.4 is 10.2 Å². The lowest BCUT2D eigenvalue weighted by molar-refractivity contribution is -0.385. The van der Waals surface area contributed by atoms with E-state index >= 15 is 0 Å². The number of nitro groups is 1. The van der Waals surface area contributed by atoms with Gasteiger partial charge in [-0.1, -0.05) is 25.8 Å². The normalized spacial score (nSPS) is 15.4. The molecule has 3 rings (SSSR count). The summed E-state index contributed by atoms with van der Waals surface area (Å²) >= 11 is 0. The van der Waals surface area contributed by atoms with Crippen LogP contribution in [0.1, 0.15) is 48.5 Å². The van der Waals surface area contributed by atoms with Gasteiger partial charge in [0.15, 0.2) is 0 Å². The van der Waals surface area contributed by atoms with Crippen LogP contribution in [0.4, 0.5) is 17.1 Å². The highest BCUT2D eigenvalue weighted by atomic mass is 16.6. The highest BCUT2D eigenvalue weighted by molar-refractivity contribution is 6.03. The fourth-order valence-corrected chi connectivity index (χ4v) is 3.63. The third-order valence-corrected chi connectivity index (χ3v) is 5.57. The molecule has 0 spiro atoms. The molecular weight excluding hydrogens is 426 g/mol. The van der Waals surface area contributed by atoms with E-state index in [2.05, 4.69) is 12.2 Å².